The quantitative estimate of drug-likeness (QED) is 0.0297. The number of aliphatic carboxylic acids is 2. The average molecular weight is 1180 g/mol. The Morgan fingerprint density at radius 1 is 0.566 bits per heavy atom. The molecule has 0 aliphatic carbocycles. The van der Waals surface area contributed by atoms with Gasteiger partial charge < -0.3 is 96.2 Å². The molecular weight excluding hydrogens is 1100 g/mol. The van der Waals surface area contributed by atoms with Crippen LogP contribution in [0.2, 0.25) is 0 Å². The van der Waals surface area contributed by atoms with Crippen molar-refractivity contribution in [1.29, 1.82) is 0 Å². The van der Waals surface area contributed by atoms with E-state index in [-0.39, 0.29) is 19.3 Å². The fourth-order valence-electron chi connectivity index (χ4n) is 8.00. The molecule has 32 nitrogen and oxygen atoms in total. The molecule has 11 atom stereocenters. The van der Waals surface area contributed by atoms with Gasteiger partial charge in [0, 0.05) is 42.8 Å². The number of aromatic nitrogens is 1. The van der Waals surface area contributed by atoms with Crippen LogP contribution in [0.5, 0.6) is 0 Å². The van der Waals surface area contributed by atoms with Crippen molar-refractivity contribution in [1.82, 2.24) is 52.8 Å². The topological polar surface area (TPSA) is 548 Å². The first-order chi connectivity index (χ1) is 38.9. The lowest BCUT2D eigenvalue weighted by Gasteiger charge is -2.29. The van der Waals surface area contributed by atoms with Crippen molar-refractivity contribution in [2.45, 2.75) is 159 Å². The summed E-state index contributed by atoms with van der Waals surface area (Å²) in [5.41, 5.74) is 23.0. The zero-order chi connectivity index (χ0) is 62.8. The highest BCUT2D eigenvalue weighted by Gasteiger charge is 2.37. The molecule has 460 valence electrons. The van der Waals surface area contributed by atoms with E-state index in [1.54, 1.807) is 58.2 Å². The molecule has 0 saturated carbocycles. The van der Waals surface area contributed by atoms with Gasteiger partial charge in [0.05, 0.1) is 25.7 Å². The van der Waals surface area contributed by atoms with E-state index in [1.165, 1.54) is 6.92 Å². The molecule has 0 aliphatic heterocycles. The van der Waals surface area contributed by atoms with E-state index in [0.717, 1.165) is 10.9 Å². The zero-order valence-corrected chi connectivity index (χ0v) is 46.6. The molecule has 0 fully saturated rings. The summed E-state index contributed by atoms with van der Waals surface area (Å²) in [6, 6.07) is -7.87. The van der Waals surface area contributed by atoms with Gasteiger partial charge in [-0.05, 0) is 56.1 Å². The summed E-state index contributed by atoms with van der Waals surface area (Å²) in [6.07, 6.45) is -4.39. The zero-order valence-electron chi connectivity index (χ0n) is 46.6. The summed E-state index contributed by atoms with van der Waals surface area (Å²) < 4.78 is 0. The summed E-state index contributed by atoms with van der Waals surface area (Å²) >= 11 is 0. The minimum atomic E-state index is -1.85. The van der Waals surface area contributed by atoms with E-state index in [0.29, 0.717) is 5.56 Å². The van der Waals surface area contributed by atoms with Gasteiger partial charge in [0.15, 0.2) is 0 Å². The van der Waals surface area contributed by atoms with Crippen LogP contribution >= 0.6 is 0 Å². The Labute approximate surface area is 476 Å². The Hall–Kier alpha value is -8.78. The lowest BCUT2D eigenvalue weighted by atomic mass is 9.97. The average Bonchev–Trinajstić information content (AvgIpc) is 3.87. The fraction of sp³-hybridized carbons (Fsp3) is 0.569. The van der Waals surface area contributed by atoms with Crippen molar-refractivity contribution in [2.75, 3.05) is 13.2 Å². The number of aliphatic hydroxyl groups excluding tert-OH is 2. The van der Waals surface area contributed by atoms with E-state index in [9.17, 15) is 87.5 Å². The van der Waals surface area contributed by atoms with Crippen molar-refractivity contribution in [2.24, 2.45) is 34.8 Å². The molecule has 1 aromatic heterocycles. The number of nitrogens with one attached hydrogen (secondary N) is 10. The molecule has 2 rings (SSSR count). The van der Waals surface area contributed by atoms with Gasteiger partial charge in [-0.1, -0.05) is 52.3 Å². The van der Waals surface area contributed by atoms with E-state index in [4.69, 9.17) is 22.9 Å². The Morgan fingerprint density at radius 2 is 1.04 bits per heavy atom. The normalized spacial score (nSPS) is 15.1. The molecule has 1 heterocycles. The lowest BCUT2D eigenvalue weighted by Crippen LogP contribution is -2.61. The predicted molar refractivity (Wildman–Crippen MR) is 291 cm³/mol. The Morgan fingerprint density at radius 3 is 1.52 bits per heavy atom. The van der Waals surface area contributed by atoms with Crippen LogP contribution in [0.15, 0.2) is 30.5 Å². The Bertz CT molecular complexity index is 2660. The predicted octanol–water partition coefficient (Wildman–Crippen LogP) is -6.15. The van der Waals surface area contributed by atoms with E-state index < -0.39 is 213 Å². The molecule has 32 heteroatoms. The Kier molecular flexibility index (Phi) is 29.2. The number of fused-ring (bicyclic) bond motifs is 1. The van der Waals surface area contributed by atoms with Crippen molar-refractivity contribution in [3.05, 3.63) is 36.0 Å². The molecular formula is C51H78N14O18. The maximum Gasteiger partial charge on any atom is 0.326 e. The molecule has 0 unspecified atom stereocenters. The third-order valence-electron chi connectivity index (χ3n) is 12.9. The number of carbonyl (C=O) groups excluding carboxylic acids is 12. The molecule has 2 aromatic rings. The molecule has 12 amide bonds. The number of carbonyl (C=O) groups is 14. The van der Waals surface area contributed by atoms with Crippen molar-refractivity contribution < 1.29 is 87.5 Å². The van der Waals surface area contributed by atoms with Crippen LogP contribution in [0.4, 0.5) is 0 Å². The second-order valence-electron chi connectivity index (χ2n) is 20.2. The van der Waals surface area contributed by atoms with Gasteiger partial charge in [-0.3, -0.25) is 62.3 Å². The second-order valence-corrected chi connectivity index (χ2v) is 20.2. The minimum absolute atomic E-state index is 0.117. The van der Waals surface area contributed by atoms with Crippen LogP contribution in [0.3, 0.4) is 0 Å². The number of hydrogen-bond donors (Lipinski definition) is 18. The van der Waals surface area contributed by atoms with Crippen LogP contribution in [0.1, 0.15) is 98.0 Å². The first-order valence-electron chi connectivity index (χ1n) is 26.5. The standard InChI is InChI=1S/C51H78N14O18/c1-6-24(4)42(50(81)57-21-39(71)58-34(51(82)83)18-26-20-56-28-10-8-7-9-27(26)28)65-45(76)30(12-15-37(53)69)59-44(75)31(13-16-40(72)73)60-43(74)29(11-14-36(52)68)61-46(77)32(17-23(2)3)62-47(78)33(19-38(54)70)63-48(79)35(22-66)64-49(80)41(55)25(5)67/h7-10,20,23-25,29-35,41-42,56,66-67H,6,11-19,21-22,55H2,1-5H3,(H2,52,68)(H2,53,69)(H2,54,70)(H,57,81)(H,58,71)(H,59,75)(H,60,74)(H,61,77)(H,62,78)(H,63,79)(H,64,80)(H,65,76)(H,72,73)(H,82,83)/t24-,25+,29-,30-,31-,32-,33-,34-,35-,41-,42-/m0/s1. The molecule has 0 aliphatic rings. The molecule has 1 aromatic carbocycles. The maximum atomic E-state index is 14.1. The van der Waals surface area contributed by atoms with Crippen LogP contribution in [-0.2, 0) is 73.5 Å². The number of H-pyrrole nitrogens is 1. The smallest absolute Gasteiger partial charge is 0.326 e. The first kappa shape index (κ1) is 70.3. The largest absolute Gasteiger partial charge is 0.481 e. The lowest BCUT2D eigenvalue weighted by molar-refractivity contribution is -0.141. The first-order valence-corrected chi connectivity index (χ1v) is 26.5. The van der Waals surface area contributed by atoms with E-state index in [1.807, 2.05) is 0 Å². The highest BCUT2D eigenvalue weighted by atomic mass is 16.4. The van der Waals surface area contributed by atoms with Crippen molar-refractivity contribution in [3.8, 4) is 0 Å². The molecule has 0 saturated heterocycles. The maximum absolute atomic E-state index is 14.1. The number of para-hydroxylation sites is 1. The number of primary amides is 3. The number of rotatable bonds is 38. The molecule has 22 N–H and O–H groups in total. The number of aromatic amines is 1. The highest BCUT2D eigenvalue weighted by molar-refractivity contribution is 5.99. The third kappa shape index (κ3) is 24.5. The van der Waals surface area contributed by atoms with E-state index >= 15 is 0 Å². The highest BCUT2D eigenvalue weighted by Crippen LogP contribution is 2.19. The van der Waals surface area contributed by atoms with Crippen LogP contribution < -0.4 is 70.8 Å². The summed E-state index contributed by atoms with van der Waals surface area (Å²) in [4.78, 5) is 185. The number of benzene rings is 1. The summed E-state index contributed by atoms with van der Waals surface area (Å²) in [6.45, 7) is 5.86. The van der Waals surface area contributed by atoms with Gasteiger partial charge in [0.25, 0.3) is 0 Å². The van der Waals surface area contributed by atoms with Gasteiger partial charge in [-0.25, -0.2) is 4.79 Å². The number of aliphatic hydroxyl groups is 2. The van der Waals surface area contributed by atoms with Crippen LogP contribution in [-0.4, -0.2) is 182 Å². The van der Waals surface area contributed by atoms with Gasteiger partial charge >= 0.3 is 11.9 Å². The SMILES string of the molecule is CC[C@H](C)[C@H](NC(=O)[C@H](CCC(N)=O)NC(=O)[C@H](CCC(=O)O)NC(=O)[C@H](CCC(N)=O)NC(=O)[C@H](CC(C)C)NC(=O)[C@H](CC(N)=O)NC(=O)[C@H](CO)NC(=O)[C@@H](N)[C@@H](C)O)C(=O)NCC(=O)N[C@@H](Cc1c[nH]c2ccccc12)C(=O)O. The molecule has 0 radical (unpaired) electrons. The van der Waals surface area contributed by atoms with Gasteiger partial charge in [-0.15, -0.1) is 0 Å². The number of hydrogen-bond acceptors (Lipinski definition) is 17. The number of carboxylic acids is 2. The molecule has 83 heavy (non-hydrogen) atoms. The summed E-state index contributed by atoms with van der Waals surface area (Å²) in [5.74, 6) is -16.9. The summed E-state index contributed by atoms with van der Waals surface area (Å²) in [5, 5.41) is 60.5. The van der Waals surface area contributed by atoms with Gasteiger partial charge in [-0.2, -0.15) is 0 Å². The number of nitrogens with two attached hydrogens (primary N) is 4. The van der Waals surface area contributed by atoms with Crippen molar-refractivity contribution >= 4 is 93.7 Å². The van der Waals surface area contributed by atoms with Crippen molar-refractivity contribution in [3.63, 3.8) is 0 Å². The van der Waals surface area contributed by atoms with Gasteiger partial charge in [0.2, 0.25) is 70.9 Å². The molecule has 0 bridgehead atoms. The minimum Gasteiger partial charge on any atom is -0.481 e. The second kappa shape index (κ2) is 34.5. The monoisotopic (exact) mass is 1170 g/mol. The Balaban J connectivity index is 2.38. The van der Waals surface area contributed by atoms with E-state index in [2.05, 4.69) is 52.8 Å². The van der Waals surface area contributed by atoms with Crippen LogP contribution in [0.25, 0.3) is 10.9 Å². The fourth-order valence-corrected chi connectivity index (χ4v) is 8.00. The summed E-state index contributed by atoms with van der Waals surface area (Å²) in [7, 11) is 0. The number of amides is 12. The van der Waals surface area contributed by atoms with Crippen LogP contribution in [0, 0.1) is 11.8 Å². The van der Waals surface area contributed by atoms with Gasteiger partial charge in [0.1, 0.15) is 54.4 Å². The molecule has 0 spiro atoms. The number of carboxylic acid groups (broad SMARTS) is 2. The third-order valence-corrected chi connectivity index (χ3v) is 12.9.